The third-order valence-corrected chi connectivity index (χ3v) is 4.58. The van der Waals surface area contributed by atoms with Gasteiger partial charge in [-0.1, -0.05) is 0 Å². The lowest BCUT2D eigenvalue weighted by Crippen LogP contribution is -2.36. The van der Waals surface area contributed by atoms with Crippen LogP contribution in [-0.4, -0.2) is 21.4 Å². The maximum Gasteiger partial charge on any atom is 0.100 e. The summed E-state index contributed by atoms with van der Waals surface area (Å²) in [5, 5.41) is 22.4. The highest BCUT2D eigenvalue weighted by molar-refractivity contribution is 7.08. The monoisotopic (exact) mass is 293 g/mol. The molecule has 0 saturated heterocycles. The Morgan fingerprint density at radius 2 is 2.20 bits per heavy atom. The van der Waals surface area contributed by atoms with Crippen LogP contribution < -0.4 is 5.32 Å². The van der Waals surface area contributed by atoms with Crippen molar-refractivity contribution in [3.63, 3.8) is 0 Å². The summed E-state index contributed by atoms with van der Waals surface area (Å²) in [5.41, 5.74) is 3.53. The molecule has 0 spiro atoms. The number of hydrogen-bond acceptors (Lipinski definition) is 4. The predicted molar refractivity (Wildman–Crippen MR) is 83.0 cm³/mol. The molecule has 0 aromatic carbocycles. The van der Waals surface area contributed by atoms with E-state index in [0.717, 1.165) is 17.0 Å². The molecule has 0 fully saturated rings. The van der Waals surface area contributed by atoms with Crippen molar-refractivity contribution in [1.82, 2.24) is 15.1 Å². The second-order valence-electron chi connectivity index (χ2n) is 5.60. The largest absolute Gasteiger partial charge is 0.384 e. The molecule has 20 heavy (non-hydrogen) atoms. The highest BCUT2D eigenvalue weighted by atomic mass is 32.1. The van der Waals surface area contributed by atoms with Gasteiger partial charge in [0, 0.05) is 30.9 Å². The van der Waals surface area contributed by atoms with E-state index in [1.165, 1.54) is 5.56 Å². The van der Waals surface area contributed by atoms with E-state index in [0.29, 0.717) is 6.54 Å². The van der Waals surface area contributed by atoms with Crippen molar-refractivity contribution >= 4 is 11.3 Å². The third kappa shape index (κ3) is 2.95. The van der Waals surface area contributed by atoms with E-state index in [1.807, 2.05) is 42.4 Å². The average Bonchev–Trinajstić information content (AvgIpc) is 2.97. The van der Waals surface area contributed by atoms with Crippen LogP contribution in [0.5, 0.6) is 0 Å². The van der Waals surface area contributed by atoms with Gasteiger partial charge in [-0.2, -0.15) is 16.4 Å². The Kier molecular flexibility index (Phi) is 4.32. The van der Waals surface area contributed by atoms with E-state index < -0.39 is 5.60 Å². The molecule has 2 N–H and O–H groups in total. The SMILES string of the molecule is Cc1nn(C)c(C)c1C(C)NCC(C)(O)c1ccsc1. The lowest BCUT2D eigenvalue weighted by atomic mass is 9.98. The summed E-state index contributed by atoms with van der Waals surface area (Å²) < 4.78 is 1.90. The average molecular weight is 293 g/mol. The van der Waals surface area contributed by atoms with E-state index in [-0.39, 0.29) is 6.04 Å². The molecule has 0 bridgehead atoms. The summed E-state index contributed by atoms with van der Waals surface area (Å²) >= 11 is 1.60. The Hall–Kier alpha value is -1.17. The van der Waals surface area contributed by atoms with Gasteiger partial charge in [0.15, 0.2) is 0 Å². The maximum absolute atomic E-state index is 10.5. The van der Waals surface area contributed by atoms with Gasteiger partial charge in [0.2, 0.25) is 0 Å². The first kappa shape index (κ1) is 15.2. The van der Waals surface area contributed by atoms with Crippen LogP contribution in [-0.2, 0) is 12.6 Å². The zero-order valence-electron chi connectivity index (χ0n) is 12.8. The van der Waals surface area contributed by atoms with Gasteiger partial charge >= 0.3 is 0 Å². The Bertz CT molecular complexity index is 572. The molecule has 0 saturated carbocycles. The number of aryl methyl sites for hydroxylation is 2. The Labute approximate surface area is 124 Å². The summed E-state index contributed by atoms with van der Waals surface area (Å²) in [7, 11) is 1.96. The van der Waals surface area contributed by atoms with Crippen molar-refractivity contribution in [1.29, 1.82) is 0 Å². The molecule has 0 radical (unpaired) electrons. The summed E-state index contributed by atoms with van der Waals surface area (Å²) in [4.78, 5) is 0. The summed E-state index contributed by atoms with van der Waals surface area (Å²) in [6, 6.07) is 2.13. The molecule has 2 aromatic rings. The van der Waals surface area contributed by atoms with Crippen LogP contribution in [0.3, 0.4) is 0 Å². The predicted octanol–water partition coefficient (Wildman–Crippen LogP) is 2.66. The molecule has 0 aliphatic rings. The lowest BCUT2D eigenvalue weighted by Gasteiger charge is -2.25. The molecule has 0 amide bonds. The number of aliphatic hydroxyl groups is 1. The zero-order chi connectivity index (χ0) is 14.9. The highest BCUT2D eigenvalue weighted by Crippen LogP contribution is 2.25. The first-order valence-electron chi connectivity index (χ1n) is 6.81. The van der Waals surface area contributed by atoms with Gasteiger partial charge in [0.05, 0.1) is 5.69 Å². The van der Waals surface area contributed by atoms with E-state index in [4.69, 9.17) is 0 Å². The van der Waals surface area contributed by atoms with Crippen molar-refractivity contribution in [2.45, 2.75) is 39.3 Å². The van der Waals surface area contributed by atoms with Gasteiger partial charge in [0.25, 0.3) is 0 Å². The van der Waals surface area contributed by atoms with Gasteiger partial charge in [-0.05, 0) is 50.1 Å². The summed E-state index contributed by atoms with van der Waals surface area (Å²) in [5.74, 6) is 0. The van der Waals surface area contributed by atoms with E-state index in [1.54, 1.807) is 11.3 Å². The first-order valence-corrected chi connectivity index (χ1v) is 7.75. The van der Waals surface area contributed by atoms with Gasteiger partial charge < -0.3 is 10.4 Å². The minimum atomic E-state index is -0.849. The van der Waals surface area contributed by atoms with E-state index in [9.17, 15) is 5.11 Å². The summed E-state index contributed by atoms with van der Waals surface area (Å²) in [6.07, 6.45) is 0. The molecule has 2 heterocycles. The fourth-order valence-electron chi connectivity index (χ4n) is 2.54. The van der Waals surface area contributed by atoms with Crippen molar-refractivity contribution < 1.29 is 5.11 Å². The molecule has 2 atom stereocenters. The zero-order valence-corrected chi connectivity index (χ0v) is 13.6. The molecule has 4 nitrogen and oxygen atoms in total. The molecule has 2 rings (SSSR count). The van der Waals surface area contributed by atoms with Gasteiger partial charge in [-0.15, -0.1) is 0 Å². The molecular formula is C15H23N3OS. The normalized spacial score (nSPS) is 16.1. The number of nitrogens with zero attached hydrogens (tertiary/aromatic N) is 2. The Morgan fingerprint density at radius 1 is 1.50 bits per heavy atom. The minimum Gasteiger partial charge on any atom is -0.384 e. The topological polar surface area (TPSA) is 50.1 Å². The Morgan fingerprint density at radius 3 is 2.70 bits per heavy atom. The van der Waals surface area contributed by atoms with Crippen LogP contribution in [0.15, 0.2) is 16.8 Å². The third-order valence-electron chi connectivity index (χ3n) is 3.89. The maximum atomic E-state index is 10.5. The van der Waals surface area contributed by atoms with E-state index >= 15 is 0 Å². The first-order chi connectivity index (χ1) is 9.33. The summed E-state index contributed by atoms with van der Waals surface area (Å²) in [6.45, 7) is 8.57. The highest BCUT2D eigenvalue weighted by Gasteiger charge is 2.25. The molecular weight excluding hydrogens is 270 g/mol. The Balaban J connectivity index is 2.07. The number of nitrogens with one attached hydrogen (secondary N) is 1. The number of hydrogen-bond donors (Lipinski definition) is 2. The minimum absolute atomic E-state index is 0.161. The van der Waals surface area contributed by atoms with E-state index in [2.05, 4.69) is 24.3 Å². The molecule has 110 valence electrons. The second-order valence-corrected chi connectivity index (χ2v) is 6.38. The van der Waals surface area contributed by atoms with Gasteiger partial charge in [-0.25, -0.2) is 0 Å². The molecule has 2 aromatic heterocycles. The number of rotatable bonds is 5. The molecule has 0 aliphatic carbocycles. The second kappa shape index (κ2) is 5.68. The van der Waals surface area contributed by atoms with Gasteiger partial charge in [0.1, 0.15) is 5.60 Å². The lowest BCUT2D eigenvalue weighted by molar-refractivity contribution is 0.0547. The quantitative estimate of drug-likeness (QED) is 0.891. The van der Waals surface area contributed by atoms with Crippen molar-refractivity contribution in [2.75, 3.05) is 6.54 Å². The van der Waals surface area contributed by atoms with Crippen molar-refractivity contribution in [3.8, 4) is 0 Å². The van der Waals surface area contributed by atoms with Crippen LogP contribution in [0, 0.1) is 13.8 Å². The van der Waals surface area contributed by atoms with Crippen molar-refractivity contribution in [3.05, 3.63) is 39.3 Å². The smallest absolute Gasteiger partial charge is 0.100 e. The molecule has 5 heteroatoms. The van der Waals surface area contributed by atoms with Crippen LogP contribution >= 0.6 is 11.3 Å². The van der Waals surface area contributed by atoms with Gasteiger partial charge in [-0.3, -0.25) is 4.68 Å². The van der Waals surface area contributed by atoms with Crippen LogP contribution in [0.25, 0.3) is 0 Å². The number of aromatic nitrogens is 2. The van der Waals surface area contributed by atoms with Crippen LogP contribution in [0.2, 0.25) is 0 Å². The molecule has 2 unspecified atom stereocenters. The fourth-order valence-corrected chi connectivity index (χ4v) is 3.33. The van der Waals surface area contributed by atoms with Crippen LogP contribution in [0.1, 0.15) is 42.4 Å². The fraction of sp³-hybridized carbons (Fsp3) is 0.533. The number of thiophene rings is 1. The van der Waals surface area contributed by atoms with Crippen molar-refractivity contribution in [2.24, 2.45) is 7.05 Å². The van der Waals surface area contributed by atoms with Crippen LogP contribution in [0.4, 0.5) is 0 Å². The molecule has 0 aliphatic heterocycles. The standard InChI is InChI=1S/C15H23N3OS/c1-10(14-11(2)17-18(5)12(14)3)16-9-15(4,19)13-6-7-20-8-13/h6-8,10,16,19H,9H2,1-5H3.